The lowest BCUT2D eigenvalue weighted by molar-refractivity contribution is 0.410. The predicted molar refractivity (Wildman–Crippen MR) is 98.2 cm³/mol. The first-order valence-electron chi connectivity index (χ1n) is 8.38. The highest BCUT2D eigenvalue weighted by atomic mass is 19.1. The fraction of sp³-hybridized carbons (Fsp3) is 0.250. The van der Waals surface area contributed by atoms with Crippen LogP contribution in [-0.4, -0.2) is 22.1 Å². The molecule has 0 saturated carbocycles. The first kappa shape index (κ1) is 17.9. The molecule has 5 nitrogen and oxygen atoms in total. The topological polar surface area (TPSA) is 59.9 Å². The molecule has 1 atom stereocenters. The van der Waals surface area contributed by atoms with E-state index in [4.69, 9.17) is 4.74 Å². The summed E-state index contributed by atoms with van der Waals surface area (Å²) in [5, 5.41) is 3.32. The van der Waals surface area contributed by atoms with Crippen molar-refractivity contribution < 1.29 is 9.13 Å². The molecule has 0 fully saturated rings. The number of ether oxygens (including phenoxy) is 1. The van der Waals surface area contributed by atoms with E-state index in [2.05, 4.69) is 20.3 Å². The zero-order chi connectivity index (χ0) is 18.5. The standard InChI is InChI=1S/C20H21FN4O/c1-13(23-11-16-4-5-17(26-3)10-19(16)21)18-12-24-20(25-14(18)2)15-6-8-22-9-7-15/h4-10,12-13,23H,11H2,1-3H3/t13-/m0/s1. The van der Waals surface area contributed by atoms with Crippen LogP contribution in [-0.2, 0) is 6.54 Å². The second kappa shape index (κ2) is 8.01. The first-order chi connectivity index (χ1) is 12.6. The zero-order valence-corrected chi connectivity index (χ0v) is 15.0. The normalized spacial score (nSPS) is 12.0. The van der Waals surface area contributed by atoms with Gasteiger partial charge in [-0.2, -0.15) is 0 Å². The van der Waals surface area contributed by atoms with Crippen molar-refractivity contribution in [2.45, 2.75) is 26.4 Å². The number of nitrogens with zero attached hydrogens (tertiary/aromatic N) is 3. The first-order valence-corrected chi connectivity index (χ1v) is 8.38. The number of nitrogens with one attached hydrogen (secondary N) is 1. The summed E-state index contributed by atoms with van der Waals surface area (Å²) in [6.45, 7) is 4.37. The molecule has 0 aliphatic heterocycles. The fourth-order valence-electron chi connectivity index (χ4n) is 2.71. The predicted octanol–water partition coefficient (Wildman–Crippen LogP) is 3.85. The Kier molecular flexibility index (Phi) is 5.53. The molecule has 0 radical (unpaired) electrons. The molecule has 2 aromatic heterocycles. The van der Waals surface area contributed by atoms with Gasteiger partial charge in [0.1, 0.15) is 11.6 Å². The maximum atomic E-state index is 14.1. The molecular weight excluding hydrogens is 331 g/mol. The number of benzene rings is 1. The maximum absolute atomic E-state index is 14.1. The quantitative estimate of drug-likeness (QED) is 0.730. The monoisotopic (exact) mass is 352 g/mol. The summed E-state index contributed by atoms with van der Waals surface area (Å²) < 4.78 is 19.1. The summed E-state index contributed by atoms with van der Waals surface area (Å²) >= 11 is 0. The zero-order valence-electron chi connectivity index (χ0n) is 15.0. The minimum atomic E-state index is -0.287. The van der Waals surface area contributed by atoms with Crippen LogP contribution in [0.1, 0.15) is 29.8 Å². The summed E-state index contributed by atoms with van der Waals surface area (Å²) in [4.78, 5) is 13.1. The summed E-state index contributed by atoms with van der Waals surface area (Å²) in [7, 11) is 1.52. The number of aryl methyl sites for hydroxylation is 1. The number of aromatic nitrogens is 3. The molecule has 0 amide bonds. The number of hydrogen-bond acceptors (Lipinski definition) is 5. The van der Waals surface area contributed by atoms with Crippen molar-refractivity contribution in [2.24, 2.45) is 0 Å². The van der Waals surface area contributed by atoms with Crippen molar-refractivity contribution in [1.82, 2.24) is 20.3 Å². The molecule has 1 N–H and O–H groups in total. The van der Waals surface area contributed by atoms with Crippen LogP contribution < -0.4 is 10.1 Å². The number of halogens is 1. The smallest absolute Gasteiger partial charge is 0.159 e. The van der Waals surface area contributed by atoms with Crippen molar-refractivity contribution in [2.75, 3.05) is 7.11 Å². The Balaban J connectivity index is 1.71. The molecule has 0 spiro atoms. The molecule has 0 unspecified atom stereocenters. The van der Waals surface area contributed by atoms with Crippen LogP contribution in [0.15, 0.2) is 48.9 Å². The van der Waals surface area contributed by atoms with E-state index in [0.717, 1.165) is 16.8 Å². The van der Waals surface area contributed by atoms with Crippen LogP contribution in [0.5, 0.6) is 5.75 Å². The Bertz CT molecular complexity index is 886. The van der Waals surface area contributed by atoms with E-state index in [1.807, 2.05) is 32.2 Å². The highest BCUT2D eigenvalue weighted by Crippen LogP contribution is 2.21. The summed E-state index contributed by atoms with van der Waals surface area (Å²) in [5.74, 6) is 0.891. The molecule has 0 bridgehead atoms. The number of hydrogen-bond donors (Lipinski definition) is 1. The van der Waals surface area contributed by atoms with Crippen molar-refractivity contribution >= 4 is 0 Å². The van der Waals surface area contributed by atoms with Crippen LogP contribution in [0.25, 0.3) is 11.4 Å². The number of pyridine rings is 1. The van der Waals surface area contributed by atoms with E-state index in [9.17, 15) is 4.39 Å². The van der Waals surface area contributed by atoms with Gasteiger partial charge in [-0.05, 0) is 32.0 Å². The molecule has 3 rings (SSSR count). The molecular formula is C20H21FN4O. The molecule has 134 valence electrons. The van der Waals surface area contributed by atoms with Gasteiger partial charge in [-0.15, -0.1) is 0 Å². The lowest BCUT2D eigenvalue weighted by Gasteiger charge is -2.17. The van der Waals surface area contributed by atoms with Gasteiger partial charge in [0.25, 0.3) is 0 Å². The van der Waals surface area contributed by atoms with Crippen molar-refractivity contribution in [3.63, 3.8) is 0 Å². The molecule has 0 aliphatic carbocycles. The maximum Gasteiger partial charge on any atom is 0.159 e. The van der Waals surface area contributed by atoms with Crippen LogP contribution in [0.3, 0.4) is 0 Å². The van der Waals surface area contributed by atoms with Gasteiger partial charge in [0.15, 0.2) is 5.82 Å². The Morgan fingerprint density at radius 1 is 1.19 bits per heavy atom. The second-order valence-electron chi connectivity index (χ2n) is 6.03. The highest BCUT2D eigenvalue weighted by Gasteiger charge is 2.13. The molecule has 0 saturated heterocycles. The van der Waals surface area contributed by atoms with E-state index >= 15 is 0 Å². The second-order valence-corrected chi connectivity index (χ2v) is 6.03. The van der Waals surface area contributed by atoms with Crippen LogP contribution in [0.4, 0.5) is 4.39 Å². The lowest BCUT2D eigenvalue weighted by atomic mass is 10.1. The Morgan fingerprint density at radius 2 is 1.96 bits per heavy atom. The molecule has 1 aromatic carbocycles. The Hall–Kier alpha value is -2.86. The highest BCUT2D eigenvalue weighted by molar-refractivity contribution is 5.53. The number of rotatable bonds is 6. The largest absolute Gasteiger partial charge is 0.497 e. The van der Waals surface area contributed by atoms with E-state index in [-0.39, 0.29) is 11.9 Å². The minimum absolute atomic E-state index is 0.0111. The minimum Gasteiger partial charge on any atom is -0.497 e. The van der Waals surface area contributed by atoms with Crippen molar-refractivity contribution in [3.05, 3.63) is 71.6 Å². The fourth-order valence-corrected chi connectivity index (χ4v) is 2.71. The molecule has 0 aliphatic rings. The van der Waals surface area contributed by atoms with Crippen LogP contribution in [0.2, 0.25) is 0 Å². The number of methoxy groups -OCH3 is 1. The molecule has 26 heavy (non-hydrogen) atoms. The Labute approximate surface area is 152 Å². The summed E-state index contributed by atoms with van der Waals surface area (Å²) in [6.07, 6.45) is 5.26. The SMILES string of the molecule is COc1ccc(CN[C@@H](C)c2cnc(-c3ccncc3)nc2C)c(F)c1. The van der Waals surface area contributed by atoms with Gasteiger partial charge in [-0.25, -0.2) is 14.4 Å². The van der Waals surface area contributed by atoms with Crippen LogP contribution in [0, 0.1) is 12.7 Å². The third-order valence-electron chi connectivity index (χ3n) is 4.28. The van der Waals surface area contributed by atoms with E-state index < -0.39 is 0 Å². The Morgan fingerprint density at radius 3 is 2.62 bits per heavy atom. The molecule has 2 heterocycles. The van der Waals surface area contributed by atoms with E-state index in [0.29, 0.717) is 23.7 Å². The van der Waals surface area contributed by atoms with Gasteiger partial charge in [0.2, 0.25) is 0 Å². The van der Waals surface area contributed by atoms with Crippen molar-refractivity contribution in [3.8, 4) is 17.1 Å². The summed E-state index contributed by atoms with van der Waals surface area (Å²) in [6, 6.07) is 8.61. The van der Waals surface area contributed by atoms with E-state index in [1.165, 1.54) is 13.2 Å². The lowest BCUT2D eigenvalue weighted by Crippen LogP contribution is -2.20. The molecule has 3 aromatic rings. The third kappa shape index (κ3) is 4.03. The van der Waals surface area contributed by atoms with Gasteiger partial charge < -0.3 is 10.1 Å². The van der Waals surface area contributed by atoms with Crippen molar-refractivity contribution in [1.29, 1.82) is 0 Å². The summed E-state index contributed by atoms with van der Waals surface area (Å²) in [5.41, 5.74) is 3.39. The average molecular weight is 352 g/mol. The van der Waals surface area contributed by atoms with Gasteiger partial charge in [0.05, 0.1) is 7.11 Å². The average Bonchev–Trinajstić information content (AvgIpc) is 2.67. The van der Waals surface area contributed by atoms with Gasteiger partial charge in [-0.3, -0.25) is 4.98 Å². The van der Waals surface area contributed by atoms with Gasteiger partial charge in [-0.1, -0.05) is 6.07 Å². The van der Waals surface area contributed by atoms with E-state index in [1.54, 1.807) is 24.5 Å². The van der Waals surface area contributed by atoms with Gasteiger partial charge >= 0.3 is 0 Å². The third-order valence-corrected chi connectivity index (χ3v) is 4.28. The molecule has 6 heteroatoms. The van der Waals surface area contributed by atoms with Crippen LogP contribution >= 0.6 is 0 Å². The van der Waals surface area contributed by atoms with Gasteiger partial charge in [0, 0.05) is 59.6 Å².